The van der Waals surface area contributed by atoms with Crippen molar-refractivity contribution in [1.82, 2.24) is 20.5 Å². The van der Waals surface area contributed by atoms with E-state index in [0.29, 0.717) is 36.0 Å². The van der Waals surface area contributed by atoms with Crippen LogP contribution in [0.3, 0.4) is 0 Å². The molecule has 296 valence electrons. The number of aromatic nitrogens is 1. The van der Waals surface area contributed by atoms with Gasteiger partial charge >= 0.3 is 18.2 Å². The molecule has 3 amide bonds. The molecule has 11 nitrogen and oxygen atoms in total. The number of pyridine rings is 1. The van der Waals surface area contributed by atoms with E-state index >= 15 is 0 Å². The largest absolute Gasteiger partial charge is 0.483 e. The number of hydrogen-bond donors (Lipinski definition) is 2. The SMILES string of the molecule is C=CCCCCC[C@H](NC(=O)OC(C)(C)C)C(=O)N1C[C@@]2(CCc3c(c(C)nc4c(C(F)(F)F)cccc34)O2)C[C@H]1C(=O)NC(CCC=C)C(=O)OCC. The fourth-order valence-corrected chi connectivity index (χ4v) is 7.13. The van der Waals surface area contributed by atoms with Gasteiger partial charge in [0.05, 0.1) is 29.9 Å². The number of nitrogens with one attached hydrogen (secondary N) is 2. The summed E-state index contributed by atoms with van der Waals surface area (Å²) in [7, 11) is 0. The molecule has 1 unspecified atom stereocenters. The quantitative estimate of drug-likeness (QED) is 0.110. The number of rotatable bonds is 15. The summed E-state index contributed by atoms with van der Waals surface area (Å²) < 4.78 is 59.2. The summed E-state index contributed by atoms with van der Waals surface area (Å²) in [5, 5.41) is 5.83. The number of aryl methyl sites for hydroxylation is 2. The van der Waals surface area contributed by atoms with E-state index in [2.05, 4.69) is 28.8 Å². The Morgan fingerprint density at radius 3 is 2.43 bits per heavy atom. The minimum atomic E-state index is -4.61. The molecule has 1 aromatic carbocycles. The van der Waals surface area contributed by atoms with Crippen LogP contribution in [0.15, 0.2) is 43.5 Å². The summed E-state index contributed by atoms with van der Waals surface area (Å²) in [5.74, 6) is -1.46. The molecule has 2 aliphatic rings. The number of benzene rings is 1. The lowest BCUT2D eigenvalue weighted by Crippen LogP contribution is -2.56. The third-order valence-corrected chi connectivity index (χ3v) is 9.62. The van der Waals surface area contributed by atoms with Crippen molar-refractivity contribution in [3.63, 3.8) is 0 Å². The van der Waals surface area contributed by atoms with E-state index in [0.717, 1.165) is 25.3 Å². The maximum atomic E-state index is 14.6. The molecule has 2 aliphatic heterocycles. The van der Waals surface area contributed by atoms with E-state index in [1.807, 2.05) is 6.08 Å². The van der Waals surface area contributed by atoms with E-state index in [4.69, 9.17) is 14.2 Å². The van der Waals surface area contributed by atoms with Crippen molar-refractivity contribution in [3.05, 3.63) is 60.3 Å². The monoisotopic (exact) mass is 758 g/mol. The maximum absolute atomic E-state index is 14.6. The molecule has 0 aliphatic carbocycles. The first-order valence-electron chi connectivity index (χ1n) is 18.6. The second-order valence-electron chi connectivity index (χ2n) is 15.0. The Morgan fingerprint density at radius 1 is 1.06 bits per heavy atom. The molecule has 14 heteroatoms. The van der Waals surface area contributed by atoms with Crippen LogP contribution in [0.1, 0.15) is 102 Å². The molecular formula is C40H53F3N4O7. The lowest BCUT2D eigenvalue weighted by molar-refractivity contribution is -0.148. The van der Waals surface area contributed by atoms with Gasteiger partial charge in [-0.3, -0.25) is 9.59 Å². The predicted octanol–water partition coefficient (Wildman–Crippen LogP) is 7.27. The smallest absolute Gasteiger partial charge is 0.418 e. The van der Waals surface area contributed by atoms with Gasteiger partial charge in [0.1, 0.15) is 35.1 Å². The number of amides is 3. The number of para-hydroxylation sites is 1. The number of unbranched alkanes of at least 4 members (excludes halogenated alkanes) is 3. The standard InChI is InChI=1S/C40H53F3N4O7/c1-8-11-13-14-15-20-29(46-37(51)54-38(5,6)7)35(49)47-24-39(23-31(47)34(48)45-30(19-12-9-2)36(50)52-10-3)22-21-27-26-17-16-18-28(40(41,42)43)32(26)44-25(4)33(27)53-39/h8-9,16-18,29-31H,1-2,10-15,19-24H2,3-7H3,(H,45,48)(H,46,51)/t29-,30?,31-,39+/m0/s1. The van der Waals surface area contributed by atoms with Gasteiger partial charge in [0.25, 0.3) is 0 Å². The zero-order valence-electron chi connectivity index (χ0n) is 31.9. The number of esters is 1. The van der Waals surface area contributed by atoms with Gasteiger partial charge < -0.3 is 29.7 Å². The van der Waals surface area contributed by atoms with Gasteiger partial charge in [0, 0.05) is 17.4 Å². The third-order valence-electron chi connectivity index (χ3n) is 9.62. The van der Waals surface area contributed by atoms with Gasteiger partial charge in [-0.25, -0.2) is 14.6 Å². The van der Waals surface area contributed by atoms with Crippen molar-refractivity contribution in [2.45, 2.75) is 134 Å². The Bertz CT molecular complexity index is 1720. The van der Waals surface area contributed by atoms with E-state index in [1.165, 1.54) is 11.0 Å². The topological polar surface area (TPSA) is 136 Å². The Balaban J connectivity index is 1.73. The van der Waals surface area contributed by atoms with Gasteiger partial charge in [0.15, 0.2) is 0 Å². The number of carbonyl (C=O) groups excluding carboxylic acids is 4. The molecule has 1 spiro atoms. The van der Waals surface area contributed by atoms with Crippen LogP contribution >= 0.6 is 0 Å². The van der Waals surface area contributed by atoms with Crippen LogP contribution in [0.25, 0.3) is 10.9 Å². The molecule has 3 heterocycles. The van der Waals surface area contributed by atoms with Crippen molar-refractivity contribution in [2.75, 3.05) is 13.2 Å². The second kappa shape index (κ2) is 17.7. The Hall–Kier alpha value is -4.62. The summed E-state index contributed by atoms with van der Waals surface area (Å²) in [4.78, 5) is 60.5. The average Bonchev–Trinajstić information content (AvgIpc) is 3.46. The molecule has 54 heavy (non-hydrogen) atoms. The fraction of sp³-hybridized carbons (Fsp3) is 0.575. The molecule has 0 saturated carbocycles. The highest BCUT2D eigenvalue weighted by Crippen LogP contribution is 2.46. The molecule has 4 atom stereocenters. The first-order valence-corrected chi connectivity index (χ1v) is 18.6. The summed E-state index contributed by atoms with van der Waals surface area (Å²) in [6, 6.07) is 0.714. The average molecular weight is 759 g/mol. The van der Waals surface area contributed by atoms with Gasteiger partial charge in [0.2, 0.25) is 11.8 Å². The first-order chi connectivity index (χ1) is 25.4. The lowest BCUT2D eigenvalue weighted by atomic mass is 9.86. The van der Waals surface area contributed by atoms with E-state index in [-0.39, 0.29) is 50.0 Å². The number of likely N-dealkylation sites (tertiary alicyclic amines) is 1. The molecule has 0 bridgehead atoms. The highest BCUT2D eigenvalue weighted by molar-refractivity contribution is 5.94. The van der Waals surface area contributed by atoms with Crippen molar-refractivity contribution in [2.24, 2.45) is 0 Å². The molecule has 1 saturated heterocycles. The summed E-state index contributed by atoms with van der Waals surface area (Å²) in [6.07, 6.45) is 2.48. The van der Waals surface area contributed by atoms with Crippen LogP contribution in [0.4, 0.5) is 18.0 Å². The number of alkyl carbamates (subject to hydrolysis) is 1. The Labute approximate surface area is 315 Å². The van der Waals surface area contributed by atoms with E-state index in [9.17, 15) is 32.3 Å². The Morgan fingerprint density at radius 2 is 1.78 bits per heavy atom. The lowest BCUT2D eigenvalue weighted by Gasteiger charge is -2.37. The summed E-state index contributed by atoms with van der Waals surface area (Å²) in [5.41, 5.74) is -2.18. The van der Waals surface area contributed by atoms with Crippen molar-refractivity contribution >= 4 is 34.8 Å². The van der Waals surface area contributed by atoms with Crippen LogP contribution in [-0.2, 0) is 36.5 Å². The number of alkyl halides is 3. The summed E-state index contributed by atoms with van der Waals surface area (Å²) in [6.45, 7) is 15.8. The first kappa shape index (κ1) is 42.1. The van der Waals surface area contributed by atoms with Crippen molar-refractivity contribution in [1.29, 1.82) is 0 Å². The normalized spacial score (nSPS) is 19.3. The van der Waals surface area contributed by atoms with E-state index in [1.54, 1.807) is 46.8 Å². The maximum Gasteiger partial charge on any atom is 0.418 e. The molecule has 0 radical (unpaired) electrons. The van der Waals surface area contributed by atoms with Crippen LogP contribution in [0, 0.1) is 6.92 Å². The van der Waals surface area contributed by atoms with Crippen molar-refractivity contribution < 1.29 is 46.6 Å². The highest BCUT2D eigenvalue weighted by atomic mass is 19.4. The number of nitrogens with zero attached hydrogens (tertiary/aromatic N) is 2. The number of allylic oxidation sites excluding steroid dienone is 2. The molecule has 1 fully saturated rings. The predicted molar refractivity (Wildman–Crippen MR) is 198 cm³/mol. The number of fused-ring (bicyclic) bond motifs is 3. The van der Waals surface area contributed by atoms with E-state index < -0.39 is 64.9 Å². The Kier molecular flexibility index (Phi) is 13.8. The minimum Gasteiger partial charge on any atom is -0.483 e. The van der Waals surface area contributed by atoms with Crippen LogP contribution < -0.4 is 15.4 Å². The molecule has 4 rings (SSSR count). The third kappa shape index (κ3) is 10.3. The van der Waals surface area contributed by atoms with Gasteiger partial charge in [-0.1, -0.05) is 37.1 Å². The van der Waals surface area contributed by atoms with Gasteiger partial charge in [-0.05, 0) is 85.6 Å². The molecule has 2 aromatic rings. The zero-order chi connectivity index (χ0) is 39.8. The zero-order valence-corrected chi connectivity index (χ0v) is 31.9. The van der Waals surface area contributed by atoms with Crippen LogP contribution in [-0.4, -0.2) is 76.2 Å². The minimum absolute atomic E-state index is 0.0135. The van der Waals surface area contributed by atoms with Crippen LogP contribution in [0.2, 0.25) is 0 Å². The number of carbonyl (C=O) groups is 4. The number of halogens is 3. The molecular weight excluding hydrogens is 705 g/mol. The number of ether oxygens (including phenoxy) is 3. The highest BCUT2D eigenvalue weighted by Gasteiger charge is 2.53. The van der Waals surface area contributed by atoms with Gasteiger partial charge in [-0.2, -0.15) is 13.2 Å². The number of hydrogen-bond acceptors (Lipinski definition) is 8. The molecule has 1 aromatic heterocycles. The second-order valence-corrected chi connectivity index (χ2v) is 15.0. The van der Waals surface area contributed by atoms with Crippen LogP contribution in [0.5, 0.6) is 5.75 Å². The fourth-order valence-electron chi connectivity index (χ4n) is 7.13. The van der Waals surface area contributed by atoms with Gasteiger partial charge in [-0.15, -0.1) is 13.2 Å². The van der Waals surface area contributed by atoms with Crippen molar-refractivity contribution in [3.8, 4) is 5.75 Å². The summed E-state index contributed by atoms with van der Waals surface area (Å²) >= 11 is 0. The molecule has 2 N–H and O–H groups in total.